The third kappa shape index (κ3) is 4.72. The van der Waals surface area contributed by atoms with Gasteiger partial charge in [0.1, 0.15) is 5.69 Å². The molecule has 0 radical (unpaired) electrons. The molecule has 2 aromatic rings. The smallest absolute Gasteiger partial charge is 0.273 e. The first-order chi connectivity index (χ1) is 13.3. The number of thiazole rings is 1. The molecule has 2 fully saturated rings. The molecule has 9 heteroatoms. The molecule has 0 atom stereocenters. The van der Waals surface area contributed by atoms with E-state index in [1.165, 1.54) is 11.3 Å². The van der Waals surface area contributed by atoms with Gasteiger partial charge >= 0.3 is 0 Å². The molecule has 0 bridgehead atoms. The van der Waals surface area contributed by atoms with Crippen molar-refractivity contribution in [1.82, 2.24) is 20.0 Å². The Morgan fingerprint density at radius 1 is 1.26 bits per heavy atom. The van der Waals surface area contributed by atoms with E-state index in [9.17, 15) is 4.79 Å². The number of nitrogens with zero attached hydrogens (tertiary/aromatic N) is 4. The van der Waals surface area contributed by atoms with Crippen molar-refractivity contribution in [3.63, 3.8) is 0 Å². The van der Waals surface area contributed by atoms with E-state index in [1.54, 1.807) is 10.9 Å². The fraction of sp³-hybridized carbons (Fsp3) is 0.667. The first-order valence-corrected chi connectivity index (χ1v) is 10.4. The number of carbonyl (C=O) groups excluding carboxylic acids is 1. The van der Waals surface area contributed by atoms with Gasteiger partial charge in [0.25, 0.3) is 5.91 Å². The largest absolute Gasteiger partial charge is 0.381 e. The molecular weight excluding hydrogens is 368 g/mol. The molecule has 0 aromatic carbocycles. The molecule has 0 unspecified atom stereocenters. The van der Waals surface area contributed by atoms with Gasteiger partial charge in [0.15, 0.2) is 5.82 Å². The van der Waals surface area contributed by atoms with Crippen LogP contribution < -0.4 is 0 Å². The van der Waals surface area contributed by atoms with Crippen LogP contribution in [0.25, 0.3) is 0 Å². The molecule has 2 aliphatic rings. The number of aromatic nitrogens is 3. The van der Waals surface area contributed by atoms with Crippen molar-refractivity contribution in [2.24, 2.45) is 0 Å². The van der Waals surface area contributed by atoms with E-state index in [0.717, 1.165) is 44.8 Å². The molecule has 2 aromatic heterocycles. The third-order valence-electron chi connectivity index (χ3n) is 5.11. The first kappa shape index (κ1) is 18.5. The Labute approximate surface area is 161 Å². The number of piperidine rings is 1. The second kappa shape index (κ2) is 8.90. The minimum absolute atomic E-state index is 0.0159. The maximum absolute atomic E-state index is 12.3. The standard InChI is InChI=1S/C18H24N4O4S/c23-18(15-11-27-12-19-15)22-6-1-14(2-7-22)25-10-5-16-20-17(26-21-16)13-3-8-24-9-4-13/h11-14H,1-10H2. The molecule has 0 spiro atoms. The molecule has 2 saturated heterocycles. The van der Waals surface area contributed by atoms with Gasteiger partial charge in [-0.2, -0.15) is 4.98 Å². The predicted octanol–water partition coefficient (Wildman–Crippen LogP) is 2.28. The average molecular weight is 392 g/mol. The zero-order valence-electron chi connectivity index (χ0n) is 15.2. The molecular formula is C18H24N4O4S. The summed E-state index contributed by atoms with van der Waals surface area (Å²) < 4.78 is 16.7. The van der Waals surface area contributed by atoms with E-state index in [1.807, 2.05) is 4.90 Å². The molecule has 4 rings (SSSR count). The predicted molar refractivity (Wildman–Crippen MR) is 97.8 cm³/mol. The van der Waals surface area contributed by atoms with Gasteiger partial charge in [0.2, 0.25) is 5.89 Å². The monoisotopic (exact) mass is 392 g/mol. The summed E-state index contributed by atoms with van der Waals surface area (Å²) in [6.07, 6.45) is 4.38. The lowest BCUT2D eigenvalue weighted by molar-refractivity contribution is 0.00933. The number of hydrogen-bond donors (Lipinski definition) is 0. The maximum Gasteiger partial charge on any atom is 0.273 e. The van der Waals surface area contributed by atoms with Crippen LogP contribution in [0.3, 0.4) is 0 Å². The van der Waals surface area contributed by atoms with Crippen molar-refractivity contribution >= 4 is 17.2 Å². The van der Waals surface area contributed by atoms with Gasteiger partial charge in [-0.05, 0) is 25.7 Å². The number of amides is 1. The van der Waals surface area contributed by atoms with Gasteiger partial charge in [-0.15, -0.1) is 11.3 Å². The highest BCUT2D eigenvalue weighted by atomic mass is 32.1. The van der Waals surface area contributed by atoms with Gasteiger partial charge < -0.3 is 18.9 Å². The summed E-state index contributed by atoms with van der Waals surface area (Å²) in [5.74, 6) is 1.76. The van der Waals surface area contributed by atoms with Crippen LogP contribution >= 0.6 is 11.3 Å². The second-order valence-electron chi connectivity index (χ2n) is 6.92. The number of carbonyl (C=O) groups is 1. The molecule has 8 nitrogen and oxygen atoms in total. The Bertz CT molecular complexity index is 722. The second-order valence-corrected chi connectivity index (χ2v) is 7.64. The lowest BCUT2D eigenvalue weighted by Gasteiger charge is -2.31. The lowest BCUT2D eigenvalue weighted by Crippen LogP contribution is -2.41. The summed E-state index contributed by atoms with van der Waals surface area (Å²) in [4.78, 5) is 22.8. The van der Waals surface area contributed by atoms with E-state index < -0.39 is 0 Å². The highest BCUT2D eigenvalue weighted by molar-refractivity contribution is 7.07. The fourth-order valence-electron chi connectivity index (χ4n) is 3.50. The molecule has 146 valence electrons. The van der Waals surface area contributed by atoms with Gasteiger partial charge in [-0.25, -0.2) is 4.98 Å². The molecule has 1 amide bonds. The van der Waals surface area contributed by atoms with Crippen molar-refractivity contribution < 1.29 is 18.8 Å². The van der Waals surface area contributed by atoms with E-state index in [4.69, 9.17) is 14.0 Å². The van der Waals surface area contributed by atoms with E-state index in [0.29, 0.717) is 43.6 Å². The lowest BCUT2D eigenvalue weighted by atomic mass is 10.0. The molecule has 4 heterocycles. The van der Waals surface area contributed by atoms with Crippen LogP contribution in [0.1, 0.15) is 53.8 Å². The van der Waals surface area contributed by atoms with Gasteiger partial charge in [-0.1, -0.05) is 5.16 Å². The normalized spacial score (nSPS) is 19.5. The van der Waals surface area contributed by atoms with Crippen LogP contribution in [-0.2, 0) is 15.9 Å². The van der Waals surface area contributed by atoms with Gasteiger partial charge in [0.05, 0.1) is 18.2 Å². The van der Waals surface area contributed by atoms with Crippen molar-refractivity contribution in [3.05, 3.63) is 28.3 Å². The Kier molecular flexibility index (Phi) is 6.10. The Morgan fingerprint density at radius 3 is 2.81 bits per heavy atom. The fourth-order valence-corrected chi connectivity index (χ4v) is 4.03. The van der Waals surface area contributed by atoms with Crippen molar-refractivity contribution in [2.75, 3.05) is 32.9 Å². The topological polar surface area (TPSA) is 90.6 Å². The number of likely N-dealkylation sites (tertiary alicyclic amines) is 1. The van der Waals surface area contributed by atoms with Crippen LogP contribution in [0.15, 0.2) is 15.4 Å². The summed E-state index contributed by atoms with van der Waals surface area (Å²) in [6, 6.07) is 0. The zero-order chi connectivity index (χ0) is 18.5. The number of rotatable bonds is 6. The maximum atomic E-state index is 12.3. The zero-order valence-corrected chi connectivity index (χ0v) is 16.0. The minimum Gasteiger partial charge on any atom is -0.381 e. The molecule has 2 aliphatic heterocycles. The van der Waals surface area contributed by atoms with Crippen molar-refractivity contribution in [1.29, 1.82) is 0 Å². The molecule has 27 heavy (non-hydrogen) atoms. The summed E-state index contributed by atoms with van der Waals surface area (Å²) in [6.45, 7) is 3.50. The van der Waals surface area contributed by atoms with Crippen molar-refractivity contribution in [3.8, 4) is 0 Å². The number of ether oxygens (including phenoxy) is 2. The first-order valence-electron chi connectivity index (χ1n) is 9.49. The van der Waals surface area contributed by atoms with Crippen LogP contribution in [0.4, 0.5) is 0 Å². The summed E-state index contributed by atoms with van der Waals surface area (Å²) >= 11 is 1.44. The molecule has 0 aliphatic carbocycles. The average Bonchev–Trinajstić information content (AvgIpc) is 3.41. The SMILES string of the molecule is O=C(c1cscn1)N1CCC(OCCc2noc(C3CCOCC3)n2)CC1. The van der Waals surface area contributed by atoms with E-state index in [2.05, 4.69) is 15.1 Å². The summed E-state index contributed by atoms with van der Waals surface area (Å²) in [5, 5.41) is 5.87. The van der Waals surface area contributed by atoms with Crippen LogP contribution in [0, 0.1) is 0 Å². The summed E-state index contributed by atoms with van der Waals surface area (Å²) in [5.41, 5.74) is 2.23. The molecule has 0 N–H and O–H groups in total. The van der Waals surface area contributed by atoms with Crippen LogP contribution in [-0.4, -0.2) is 64.9 Å². The van der Waals surface area contributed by atoms with E-state index in [-0.39, 0.29) is 12.0 Å². The Balaban J connectivity index is 1.17. The van der Waals surface area contributed by atoms with Gasteiger partial charge in [-0.3, -0.25) is 4.79 Å². The Hall–Kier alpha value is -1.84. The highest BCUT2D eigenvalue weighted by Crippen LogP contribution is 2.25. The molecule has 0 saturated carbocycles. The minimum atomic E-state index is 0.0159. The third-order valence-corrected chi connectivity index (χ3v) is 5.70. The van der Waals surface area contributed by atoms with Gasteiger partial charge in [0, 0.05) is 44.0 Å². The van der Waals surface area contributed by atoms with Crippen LogP contribution in [0.2, 0.25) is 0 Å². The summed E-state index contributed by atoms with van der Waals surface area (Å²) in [7, 11) is 0. The highest BCUT2D eigenvalue weighted by Gasteiger charge is 2.25. The quantitative estimate of drug-likeness (QED) is 0.745. The van der Waals surface area contributed by atoms with Crippen LogP contribution in [0.5, 0.6) is 0 Å². The Morgan fingerprint density at radius 2 is 2.07 bits per heavy atom. The number of hydrogen-bond acceptors (Lipinski definition) is 8. The van der Waals surface area contributed by atoms with Crippen molar-refractivity contribution in [2.45, 2.75) is 44.1 Å². The van der Waals surface area contributed by atoms with E-state index >= 15 is 0 Å².